The summed E-state index contributed by atoms with van der Waals surface area (Å²) in [5, 5.41) is 16.7. The molecule has 0 amide bonds. The molecule has 0 aliphatic rings. The predicted molar refractivity (Wildman–Crippen MR) is 111 cm³/mol. The first-order chi connectivity index (χ1) is 13.3. The van der Waals surface area contributed by atoms with Crippen LogP contribution < -0.4 is 15.4 Å². The van der Waals surface area contributed by atoms with E-state index in [0.717, 1.165) is 43.2 Å². The van der Waals surface area contributed by atoms with Crippen molar-refractivity contribution in [3.8, 4) is 5.75 Å². The molecule has 0 spiro atoms. The lowest BCUT2D eigenvalue weighted by Crippen LogP contribution is -2.38. The standard InChI is InChI=1S/C22H31N3O2/c1-2-23-22(25-17-15-21(26)19-11-5-3-6-12-19)24-16-9-10-18-27-20-13-7-4-8-14-20/h3-8,11-14,21,26H,2,9-10,15-18H2,1H3,(H2,23,24,25). The Morgan fingerprint density at radius 2 is 1.70 bits per heavy atom. The first-order valence-corrected chi connectivity index (χ1v) is 9.72. The predicted octanol–water partition coefficient (Wildman–Crippen LogP) is 3.52. The van der Waals surface area contributed by atoms with Gasteiger partial charge in [-0.25, -0.2) is 0 Å². The van der Waals surface area contributed by atoms with E-state index in [1.807, 2.05) is 67.6 Å². The zero-order valence-corrected chi connectivity index (χ0v) is 16.1. The van der Waals surface area contributed by atoms with Crippen LogP contribution in [-0.2, 0) is 0 Å². The van der Waals surface area contributed by atoms with Gasteiger partial charge in [-0.15, -0.1) is 0 Å². The van der Waals surface area contributed by atoms with Gasteiger partial charge in [-0.3, -0.25) is 4.99 Å². The van der Waals surface area contributed by atoms with Gasteiger partial charge in [0.25, 0.3) is 0 Å². The van der Waals surface area contributed by atoms with Crippen LogP contribution in [0.3, 0.4) is 0 Å². The number of aliphatic hydroxyl groups excluding tert-OH is 1. The van der Waals surface area contributed by atoms with Crippen LogP contribution in [0.1, 0.15) is 37.9 Å². The van der Waals surface area contributed by atoms with Crippen molar-refractivity contribution in [3.63, 3.8) is 0 Å². The molecule has 5 heteroatoms. The maximum absolute atomic E-state index is 10.2. The fraction of sp³-hybridized carbons (Fsp3) is 0.409. The van der Waals surface area contributed by atoms with Crippen LogP contribution in [0.5, 0.6) is 5.75 Å². The number of para-hydroxylation sites is 1. The molecule has 1 unspecified atom stereocenters. The van der Waals surface area contributed by atoms with Gasteiger partial charge in [0, 0.05) is 19.6 Å². The SMILES string of the molecule is CCNC(=NCCCCOc1ccccc1)NCCC(O)c1ccccc1. The van der Waals surface area contributed by atoms with Crippen molar-refractivity contribution in [1.82, 2.24) is 10.6 Å². The van der Waals surface area contributed by atoms with Crippen molar-refractivity contribution in [2.75, 3.05) is 26.2 Å². The number of benzene rings is 2. The maximum Gasteiger partial charge on any atom is 0.191 e. The highest BCUT2D eigenvalue weighted by molar-refractivity contribution is 5.79. The van der Waals surface area contributed by atoms with Crippen molar-refractivity contribution >= 4 is 5.96 Å². The molecule has 146 valence electrons. The highest BCUT2D eigenvalue weighted by atomic mass is 16.5. The first-order valence-electron chi connectivity index (χ1n) is 9.72. The van der Waals surface area contributed by atoms with Crippen molar-refractivity contribution in [3.05, 3.63) is 66.2 Å². The number of ether oxygens (including phenoxy) is 1. The van der Waals surface area contributed by atoms with Gasteiger partial charge in [0.2, 0.25) is 0 Å². The molecule has 0 fully saturated rings. The lowest BCUT2D eigenvalue weighted by Gasteiger charge is -2.14. The summed E-state index contributed by atoms with van der Waals surface area (Å²) in [6.07, 6.45) is 2.11. The Balaban J connectivity index is 1.63. The normalized spacial score (nSPS) is 12.4. The number of hydrogen-bond acceptors (Lipinski definition) is 3. The summed E-state index contributed by atoms with van der Waals surface area (Å²) in [7, 11) is 0. The molecule has 2 aromatic rings. The highest BCUT2D eigenvalue weighted by Crippen LogP contribution is 2.14. The van der Waals surface area contributed by atoms with E-state index < -0.39 is 6.10 Å². The van der Waals surface area contributed by atoms with Crippen LogP contribution in [0, 0.1) is 0 Å². The monoisotopic (exact) mass is 369 g/mol. The summed E-state index contributed by atoms with van der Waals surface area (Å²) >= 11 is 0. The minimum Gasteiger partial charge on any atom is -0.494 e. The second-order valence-electron chi connectivity index (χ2n) is 6.27. The van der Waals surface area contributed by atoms with Gasteiger partial charge in [-0.05, 0) is 43.9 Å². The Hall–Kier alpha value is -2.53. The van der Waals surface area contributed by atoms with E-state index in [9.17, 15) is 5.11 Å². The van der Waals surface area contributed by atoms with Gasteiger partial charge in [-0.1, -0.05) is 48.5 Å². The molecule has 0 aromatic heterocycles. The molecule has 0 saturated carbocycles. The topological polar surface area (TPSA) is 65.9 Å². The smallest absolute Gasteiger partial charge is 0.191 e. The van der Waals surface area contributed by atoms with Gasteiger partial charge in [0.05, 0.1) is 12.7 Å². The molecule has 1 atom stereocenters. The van der Waals surface area contributed by atoms with Gasteiger partial charge < -0.3 is 20.5 Å². The molecule has 27 heavy (non-hydrogen) atoms. The second-order valence-corrected chi connectivity index (χ2v) is 6.27. The summed E-state index contributed by atoms with van der Waals surface area (Å²) in [5.74, 6) is 1.70. The maximum atomic E-state index is 10.2. The lowest BCUT2D eigenvalue weighted by atomic mass is 10.1. The van der Waals surface area contributed by atoms with Crippen molar-refractivity contribution in [2.45, 2.75) is 32.3 Å². The third kappa shape index (κ3) is 8.60. The third-order valence-corrected chi connectivity index (χ3v) is 4.07. The molecular formula is C22H31N3O2. The minimum absolute atomic E-state index is 0.461. The number of hydrogen-bond donors (Lipinski definition) is 3. The molecule has 0 aliphatic heterocycles. The molecule has 0 saturated heterocycles. The van der Waals surface area contributed by atoms with Crippen LogP contribution in [0.25, 0.3) is 0 Å². The quantitative estimate of drug-likeness (QED) is 0.322. The van der Waals surface area contributed by atoms with E-state index in [-0.39, 0.29) is 0 Å². The average molecular weight is 370 g/mol. The van der Waals surface area contributed by atoms with Crippen molar-refractivity contribution in [1.29, 1.82) is 0 Å². The number of guanidine groups is 1. The summed E-state index contributed by atoms with van der Waals surface area (Å²) < 4.78 is 5.69. The van der Waals surface area contributed by atoms with E-state index in [1.165, 1.54) is 0 Å². The Morgan fingerprint density at radius 1 is 1.00 bits per heavy atom. The van der Waals surface area contributed by atoms with Crippen LogP contribution in [0.4, 0.5) is 0 Å². The molecule has 5 nitrogen and oxygen atoms in total. The number of rotatable bonds is 11. The molecule has 2 rings (SSSR count). The van der Waals surface area contributed by atoms with Crippen molar-refractivity contribution in [2.24, 2.45) is 4.99 Å². The minimum atomic E-state index is -0.461. The van der Waals surface area contributed by atoms with Gasteiger partial charge in [0.15, 0.2) is 5.96 Å². The van der Waals surface area contributed by atoms with E-state index in [0.29, 0.717) is 19.6 Å². The fourth-order valence-electron chi connectivity index (χ4n) is 2.62. The Bertz CT molecular complexity index is 647. The molecule has 0 radical (unpaired) electrons. The molecular weight excluding hydrogens is 338 g/mol. The van der Waals surface area contributed by atoms with Crippen LogP contribution in [0.15, 0.2) is 65.7 Å². The number of unbranched alkanes of at least 4 members (excludes halogenated alkanes) is 1. The van der Waals surface area contributed by atoms with Crippen molar-refractivity contribution < 1.29 is 9.84 Å². The number of aliphatic imine (C=N–C) groups is 1. The zero-order chi connectivity index (χ0) is 19.2. The largest absolute Gasteiger partial charge is 0.494 e. The van der Waals surface area contributed by atoms with Crippen LogP contribution in [-0.4, -0.2) is 37.3 Å². The Kier molecular flexibility index (Phi) is 9.82. The molecule has 0 aliphatic carbocycles. The Morgan fingerprint density at radius 3 is 2.41 bits per heavy atom. The lowest BCUT2D eigenvalue weighted by molar-refractivity contribution is 0.168. The summed E-state index contributed by atoms with van der Waals surface area (Å²) in [5.41, 5.74) is 0.944. The molecule has 2 aromatic carbocycles. The molecule has 0 bridgehead atoms. The van der Waals surface area contributed by atoms with E-state index in [2.05, 4.69) is 15.6 Å². The fourth-order valence-corrected chi connectivity index (χ4v) is 2.62. The van der Waals surface area contributed by atoms with Crippen LogP contribution >= 0.6 is 0 Å². The zero-order valence-electron chi connectivity index (χ0n) is 16.1. The number of aliphatic hydroxyl groups is 1. The van der Waals surface area contributed by atoms with Gasteiger partial charge in [0.1, 0.15) is 5.75 Å². The van der Waals surface area contributed by atoms with E-state index in [1.54, 1.807) is 0 Å². The van der Waals surface area contributed by atoms with E-state index in [4.69, 9.17) is 4.74 Å². The first kappa shape index (κ1) is 20.8. The van der Waals surface area contributed by atoms with Gasteiger partial charge in [-0.2, -0.15) is 0 Å². The highest BCUT2D eigenvalue weighted by Gasteiger charge is 2.06. The third-order valence-electron chi connectivity index (χ3n) is 4.07. The molecule has 3 N–H and O–H groups in total. The average Bonchev–Trinajstić information content (AvgIpc) is 2.71. The summed E-state index contributed by atoms with van der Waals surface area (Å²) in [4.78, 5) is 4.58. The van der Waals surface area contributed by atoms with Crippen LogP contribution in [0.2, 0.25) is 0 Å². The Labute approximate surface area is 162 Å². The number of nitrogens with zero attached hydrogens (tertiary/aromatic N) is 1. The summed E-state index contributed by atoms with van der Waals surface area (Å²) in [6.45, 7) is 4.97. The molecule has 0 heterocycles. The van der Waals surface area contributed by atoms with Gasteiger partial charge >= 0.3 is 0 Å². The summed E-state index contributed by atoms with van der Waals surface area (Å²) in [6, 6.07) is 19.6. The van der Waals surface area contributed by atoms with E-state index >= 15 is 0 Å². The second kappa shape index (κ2) is 12.8. The number of nitrogens with one attached hydrogen (secondary N) is 2.